The molecule has 4 bridgehead atoms. The quantitative estimate of drug-likeness (QED) is 0.203. The van der Waals surface area contributed by atoms with Crippen LogP contribution in [0.3, 0.4) is 0 Å². The Kier molecular flexibility index (Phi) is 6.73. The second-order valence-electron chi connectivity index (χ2n) is 10.9. The summed E-state index contributed by atoms with van der Waals surface area (Å²) >= 11 is -0.617. The molecule has 0 unspecified atom stereocenters. The molecule has 0 N–H and O–H groups in total. The minimum atomic E-state index is -0.617. The van der Waals surface area contributed by atoms with Gasteiger partial charge in [-0.1, -0.05) is 0 Å². The van der Waals surface area contributed by atoms with Gasteiger partial charge < -0.3 is 0 Å². The molecule has 0 spiro atoms. The third-order valence-electron chi connectivity index (χ3n) is 8.12. The van der Waals surface area contributed by atoms with Crippen molar-refractivity contribution in [2.75, 3.05) is 23.9 Å². The Morgan fingerprint density at radius 1 is 0.591 bits per heavy atom. The molecule has 3 aliphatic heterocycles. The molecule has 0 fully saturated rings. The van der Waals surface area contributed by atoms with Crippen molar-refractivity contribution in [3.63, 3.8) is 0 Å². The summed E-state index contributed by atoms with van der Waals surface area (Å²) in [5.74, 6) is 0. The van der Waals surface area contributed by atoms with Gasteiger partial charge in [0.05, 0.1) is 0 Å². The summed E-state index contributed by atoms with van der Waals surface area (Å²) in [4.78, 5) is 6.74. The Morgan fingerprint density at radius 3 is 1.77 bits per heavy atom. The van der Waals surface area contributed by atoms with E-state index in [9.17, 15) is 0 Å². The summed E-state index contributed by atoms with van der Waals surface area (Å²) < 4.78 is 2.43. The van der Waals surface area contributed by atoms with E-state index in [2.05, 4.69) is 162 Å². The first kappa shape index (κ1) is 26.8. The summed E-state index contributed by atoms with van der Waals surface area (Å²) in [5, 5.41) is 6.71. The van der Waals surface area contributed by atoms with Gasteiger partial charge in [-0.05, 0) is 0 Å². The molecule has 8 rings (SSSR count). The van der Waals surface area contributed by atoms with E-state index in [1.807, 2.05) is 18.4 Å². The maximum absolute atomic E-state index is 4.70. The van der Waals surface area contributed by atoms with E-state index in [-0.39, 0.29) is 6.71 Å². The Balaban J connectivity index is 1.46. The molecule has 3 heterocycles. The zero-order valence-electron chi connectivity index (χ0n) is 24.3. The molecule has 0 atom stereocenters. The van der Waals surface area contributed by atoms with E-state index in [0.717, 1.165) is 22.3 Å². The van der Waals surface area contributed by atoms with E-state index in [1.54, 1.807) is 0 Å². The van der Waals surface area contributed by atoms with Gasteiger partial charge in [0.1, 0.15) is 0 Å². The molecule has 216 valence electrons. The Morgan fingerprint density at radius 2 is 1.16 bits per heavy atom. The molecule has 5 nitrogen and oxygen atoms in total. The maximum atomic E-state index is 4.70. The van der Waals surface area contributed by atoms with Crippen molar-refractivity contribution in [1.29, 1.82) is 0 Å². The van der Waals surface area contributed by atoms with Crippen LogP contribution >= 0.6 is 0 Å². The van der Waals surface area contributed by atoms with Gasteiger partial charge in [-0.15, -0.1) is 0 Å². The molecule has 0 aliphatic carbocycles. The molecule has 0 aromatic heterocycles. The van der Waals surface area contributed by atoms with Crippen LogP contribution in [0.1, 0.15) is 0 Å². The van der Waals surface area contributed by atoms with Crippen LogP contribution in [-0.4, -0.2) is 45.3 Å². The molecule has 0 saturated carbocycles. The van der Waals surface area contributed by atoms with Crippen LogP contribution in [0.15, 0.2) is 133 Å². The summed E-state index contributed by atoms with van der Waals surface area (Å²) in [6.45, 7) is -0.135. The average Bonchev–Trinajstić information content (AvgIpc) is 3.63. The van der Waals surface area contributed by atoms with Crippen molar-refractivity contribution in [1.82, 2.24) is 9.91 Å². The Hall–Kier alpha value is -4.80. The van der Waals surface area contributed by atoms with E-state index >= 15 is 0 Å². The summed E-state index contributed by atoms with van der Waals surface area (Å²) in [6.07, 6.45) is 6.22. The number of nitrogens with zero attached hydrogens (tertiary/aromatic N) is 5. The summed E-state index contributed by atoms with van der Waals surface area (Å²) in [5.41, 5.74) is 10.2. The van der Waals surface area contributed by atoms with Crippen molar-refractivity contribution in [3.8, 4) is 22.3 Å². The standard InChI is InChI=1S/C37H28BN5.Pt/c1-40-22-23-42(27-40)33-18-9-16-31(24-33)38(32-17-10-19-34(25-32)43-26-39-41(2)28-43)37-35(29-12-5-3-6-13-29)20-11-21-36(37)30-14-7-4-8-15-30;/h3-23,26H,1-2H3;/q-2;. The van der Waals surface area contributed by atoms with Crippen molar-refractivity contribution in [2.24, 2.45) is 5.10 Å². The van der Waals surface area contributed by atoms with Gasteiger partial charge in [0.15, 0.2) is 0 Å². The number of hydrogen-bond donors (Lipinski definition) is 0. The van der Waals surface area contributed by atoms with Gasteiger partial charge in [0, 0.05) is 0 Å². The third kappa shape index (κ3) is 4.58. The predicted octanol–water partition coefficient (Wildman–Crippen LogP) is 4.33. The van der Waals surface area contributed by atoms with Crippen LogP contribution in [0.5, 0.6) is 0 Å². The molecule has 0 radical (unpaired) electrons. The SMILES string of the molecule is CN1C=CN2[C]1=[Pt]=[C]1N(C)N=CN1c1[c-]c(ccc1)B(c1c(-c3ccccc3)cccc1-c1ccccc1)c1[c-]c2ccc1. The normalized spacial score (nSPS) is 15.5. The van der Waals surface area contributed by atoms with Crippen molar-refractivity contribution >= 4 is 49.1 Å². The second-order valence-corrected chi connectivity index (χ2v) is 13.5. The first-order valence-electron chi connectivity index (χ1n) is 14.5. The van der Waals surface area contributed by atoms with E-state index in [0.29, 0.717) is 0 Å². The van der Waals surface area contributed by atoms with Gasteiger partial charge in [-0.3, -0.25) is 0 Å². The molecule has 3 aliphatic rings. The zero-order valence-corrected chi connectivity index (χ0v) is 26.6. The second kappa shape index (κ2) is 11.0. The topological polar surface area (TPSA) is 25.3 Å². The molecule has 5 aromatic rings. The van der Waals surface area contributed by atoms with Crippen LogP contribution in [0.2, 0.25) is 0 Å². The van der Waals surface area contributed by atoms with E-state index in [4.69, 9.17) is 5.10 Å². The van der Waals surface area contributed by atoms with Crippen molar-refractivity contribution in [2.45, 2.75) is 0 Å². The van der Waals surface area contributed by atoms with Crippen molar-refractivity contribution in [3.05, 3.63) is 140 Å². The van der Waals surface area contributed by atoms with Crippen LogP contribution in [-0.2, 0) is 17.6 Å². The van der Waals surface area contributed by atoms with Gasteiger partial charge in [0.25, 0.3) is 0 Å². The molecular weight excluding hydrogens is 720 g/mol. The number of anilines is 2. The van der Waals surface area contributed by atoms with E-state index < -0.39 is 17.6 Å². The molecular formula is C37H28BN5Pt-2. The Labute approximate surface area is 266 Å². The number of fused-ring (bicyclic) bond motifs is 8. The summed E-state index contributed by atoms with van der Waals surface area (Å²) in [7, 11) is 4.16. The van der Waals surface area contributed by atoms with Gasteiger partial charge >= 0.3 is 268 Å². The van der Waals surface area contributed by atoms with Gasteiger partial charge in [-0.25, -0.2) is 0 Å². The predicted molar refractivity (Wildman–Crippen MR) is 181 cm³/mol. The third-order valence-corrected chi connectivity index (χ3v) is 11.8. The molecule has 0 amide bonds. The summed E-state index contributed by atoms with van der Waals surface area (Å²) in [6, 6.07) is 49.0. The van der Waals surface area contributed by atoms with Crippen LogP contribution in [0, 0.1) is 12.1 Å². The Bertz CT molecular complexity index is 1880. The molecule has 0 saturated heterocycles. The number of hydrazone groups is 1. The zero-order chi connectivity index (χ0) is 29.6. The number of rotatable bonds is 3. The number of benzene rings is 5. The van der Waals surface area contributed by atoms with Crippen LogP contribution in [0.25, 0.3) is 22.3 Å². The van der Waals surface area contributed by atoms with Gasteiger partial charge in [0.2, 0.25) is 0 Å². The monoisotopic (exact) mass is 748 g/mol. The average molecular weight is 749 g/mol. The fourth-order valence-corrected chi connectivity index (χ4v) is 8.97. The van der Waals surface area contributed by atoms with Crippen molar-refractivity contribution < 1.29 is 17.6 Å². The first-order valence-corrected chi connectivity index (χ1v) is 16.8. The van der Waals surface area contributed by atoms with Gasteiger partial charge in [-0.2, -0.15) is 0 Å². The van der Waals surface area contributed by atoms with E-state index in [1.165, 1.54) is 36.0 Å². The molecule has 7 heteroatoms. The fraction of sp³-hybridized carbons (Fsp3) is 0.0541. The molecule has 44 heavy (non-hydrogen) atoms. The molecule has 5 aromatic carbocycles. The fourth-order valence-electron chi connectivity index (χ4n) is 6.06. The van der Waals surface area contributed by atoms with Crippen LogP contribution < -0.4 is 26.2 Å². The first-order chi connectivity index (χ1) is 21.7. The van der Waals surface area contributed by atoms with Crippen LogP contribution in [0.4, 0.5) is 11.4 Å². The minimum absolute atomic E-state index is 0.135. The number of hydrogen-bond acceptors (Lipinski definition) is 5.